The maximum absolute atomic E-state index is 5.59. The highest BCUT2D eigenvalue weighted by Gasteiger charge is 2.15. The highest BCUT2D eigenvalue weighted by Crippen LogP contribution is 2.22. The predicted octanol–water partition coefficient (Wildman–Crippen LogP) is 2.60. The second-order valence-corrected chi connectivity index (χ2v) is 4.31. The average Bonchev–Trinajstić information content (AvgIpc) is 2.67. The van der Waals surface area contributed by atoms with Gasteiger partial charge < -0.3 is 4.74 Å². The van der Waals surface area contributed by atoms with E-state index in [1.807, 2.05) is 22.9 Å². The lowest BCUT2D eigenvalue weighted by Crippen LogP contribution is -2.02. The molecule has 0 saturated carbocycles. The van der Waals surface area contributed by atoms with Crippen molar-refractivity contribution in [1.29, 1.82) is 0 Å². The van der Waals surface area contributed by atoms with E-state index in [9.17, 15) is 0 Å². The Morgan fingerprint density at radius 2 is 2.17 bits per heavy atom. The Labute approximate surface area is 106 Å². The molecule has 1 aliphatic rings. The smallest absolute Gasteiger partial charge is 0.321 e. The Morgan fingerprint density at radius 1 is 1.28 bits per heavy atom. The maximum atomic E-state index is 5.59. The molecule has 0 atom stereocenters. The second-order valence-electron chi connectivity index (χ2n) is 4.31. The van der Waals surface area contributed by atoms with E-state index in [2.05, 4.69) is 35.3 Å². The molecule has 18 heavy (non-hydrogen) atoms. The van der Waals surface area contributed by atoms with Gasteiger partial charge in [0.15, 0.2) is 0 Å². The molecule has 0 radical (unpaired) electrons. The highest BCUT2D eigenvalue weighted by molar-refractivity contribution is 5.66. The SMILES string of the molecule is CCCOc1nnc2n1C=Cc1ccccc1C2. The summed E-state index contributed by atoms with van der Waals surface area (Å²) >= 11 is 0. The normalized spacial score (nSPS) is 12.7. The molecule has 3 rings (SSSR count). The van der Waals surface area contributed by atoms with Crippen LogP contribution in [-0.2, 0) is 6.42 Å². The van der Waals surface area contributed by atoms with Crippen LogP contribution in [0.25, 0.3) is 12.3 Å². The summed E-state index contributed by atoms with van der Waals surface area (Å²) in [5.74, 6) is 0.919. The summed E-state index contributed by atoms with van der Waals surface area (Å²) in [7, 11) is 0. The largest absolute Gasteiger partial charge is 0.463 e. The predicted molar refractivity (Wildman–Crippen MR) is 70.3 cm³/mol. The van der Waals surface area contributed by atoms with Gasteiger partial charge in [-0.1, -0.05) is 36.3 Å². The first-order chi connectivity index (χ1) is 8.88. The minimum absolute atomic E-state index is 0.580. The van der Waals surface area contributed by atoms with E-state index in [4.69, 9.17) is 4.74 Å². The van der Waals surface area contributed by atoms with Gasteiger partial charge in [0.05, 0.1) is 6.61 Å². The van der Waals surface area contributed by atoms with Gasteiger partial charge in [0.1, 0.15) is 5.82 Å². The van der Waals surface area contributed by atoms with Crippen LogP contribution in [0.3, 0.4) is 0 Å². The van der Waals surface area contributed by atoms with Gasteiger partial charge in [-0.2, -0.15) is 0 Å². The molecular formula is C14H15N3O. The second kappa shape index (κ2) is 4.64. The van der Waals surface area contributed by atoms with E-state index in [1.165, 1.54) is 11.1 Å². The molecule has 0 N–H and O–H groups in total. The maximum Gasteiger partial charge on any atom is 0.321 e. The van der Waals surface area contributed by atoms with Crippen molar-refractivity contribution in [3.63, 3.8) is 0 Å². The highest BCUT2D eigenvalue weighted by atomic mass is 16.5. The molecule has 0 saturated heterocycles. The molecule has 0 aliphatic carbocycles. The summed E-state index contributed by atoms with van der Waals surface area (Å²) in [5.41, 5.74) is 2.49. The standard InChI is InChI=1S/C14H15N3O/c1-2-9-18-14-16-15-13-10-12-6-4-3-5-11(12)7-8-17(13)14/h3-8H,2,9-10H2,1H3. The van der Waals surface area contributed by atoms with Gasteiger partial charge in [-0.15, -0.1) is 5.10 Å². The van der Waals surface area contributed by atoms with Gasteiger partial charge in [-0.05, 0) is 23.6 Å². The van der Waals surface area contributed by atoms with E-state index in [1.54, 1.807) is 0 Å². The van der Waals surface area contributed by atoms with Crippen LogP contribution in [0.5, 0.6) is 6.01 Å². The molecule has 0 amide bonds. The Balaban J connectivity index is 1.97. The Kier molecular flexibility index (Phi) is 2.84. The molecular weight excluding hydrogens is 226 g/mol. The van der Waals surface area contributed by atoms with Crippen LogP contribution in [0.4, 0.5) is 0 Å². The van der Waals surface area contributed by atoms with Crippen LogP contribution in [0.1, 0.15) is 30.3 Å². The number of benzene rings is 1. The zero-order chi connectivity index (χ0) is 12.4. The number of fused-ring (bicyclic) bond motifs is 2. The first-order valence-electron chi connectivity index (χ1n) is 6.21. The van der Waals surface area contributed by atoms with E-state index < -0.39 is 0 Å². The molecule has 92 valence electrons. The number of hydrogen-bond donors (Lipinski definition) is 0. The lowest BCUT2D eigenvalue weighted by molar-refractivity contribution is 0.288. The van der Waals surface area contributed by atoms with E-state index >= 15 is 0 Å². The topological polar surface area (TPSA) is 39.9 Å². The van der Waals surface area contributed by atoms with Crippen LogP contribution in [0.2, 0.25) is 0 Å². The molecule has 0 unspecified atom stereocenters. The number of ether oxygens (including phenoxy) is 1. The zero-order valence-electron chi connectivity index (χ0n) is 10.3. The molecule has 2 aromatic rings. The van der Waals surface area contributed by atoms with Crippen LogP contribution in [-0.4, -0.2) is 21.4 Å². The fourth-order valence-electron chi connectivity index (χ4n) is 2.05. The third-order valence-electron chi connectivity index (χ3n) is 2.98. The van der Waals surface area contributed by atoms with Gasteiger partial charge in [0.25, 0.3) is 0 Å². The summed E-state index contributed by atoms with van der Waals surface area (Å²) in [6.45, 7) is 2.74. The Hall–Kier alpha value is -2.10. The number of nitrogens with zero attached hydrogens (tertiary/aromatic N) is 3. The molecule has 2 heterocycles. The Morgan fingerprint density at radius 3 is 3.06 bits per heavy atom. The number of rotatable bonds is 3. The summed E-state index contributed by atoms with van der Waals surface area (Å²) < 4.78 is 7.51. The lowest BCUT2D eigenvalue weighted by Gasteiger charge is -2.04. The van der Waals surface area contributed by atoms with Crippen molar-refractivity contribution in [2.75, 3.05) is 6.61 Å². The number of aromatic nitrogens is 3. The summed E-state index contributed by atoms with van der Waals surface area (Å²) in [6.07, 6.45) is 5.80. The molecule has 0 spiro atoms. The van der Waals surface area contributed by atoms with E-state index in [0.717, 1.165) is 18.7 Å². The summed E-state index contributed by atoms with van der Waals surface area (Å²) in [4.78, 5) is 0. The molecule has 1 aromatic carbocycles. The fraction of sp³-hybridized carbons (Fsp3) is 0.286. The zero-order valence-corrected chi connectivity index (χ0v) is 10.3. The van der Waals surface area contributed by atoms with E-state index in [-0.39, 0.29) is 0 Å². The van der Waals surface area contributed by atoms with Gasteiger partial charge in [-0.25, -0.2) is 0 Å². The fourth-order valence-corrected chi connectivity index (χ4v) is 2.05. The van der Waals surface area contributed by atoms with Crippen LogP contribution >= 0.6 is 0 Å². The van der Waals surface area contributed by atoms with Gasteiger partial charge in [0, 0.05) is 12.6 Å². The van der Waals surface area contributed by atoms with Gasteiger partial charge in [0.2, 0.25) is 0 Å². The number of hydrogen-bond acceptors (Lipinski definition) is 3. The molecule has 1 aromatic heterocycles. The molecule has 0 bridgehead atoms. The van der Waals surface area contributed by atoms with Crippen molar-refractivity contribution in [1.82, 2.24) is 14.8 Å². The first-order valence-corrected chi connectivity index (χ1v) is 6.21. The van der Waals surface area contributed by atoms with Crippen LogP contribution in [0.15, 0.2) is 24.3 Å². The minimum atomic E-state index is 0.580. The Bertz CT molecular complexity index is 586. The van der Waals surface area contributed by atoms with Crippen molar-refractivity contribution >= 4 is 12.3 Å². The van der Waals surface area contributed by atoms with Gasteiger partial charge >= 0.3 is 6.01 Å². The molecule has 0 fully saturated rings. The van der Waals surface area contributed by atoms with Crippen molar-refractivity contribution in [2.24, 2.45) is 0 Å². The van der Waals surface area contributed by atoms with Gasteiger partial charge in [-0.3, -0.25) is 4.57 Å². The summed E-state index contributed by atoms with van der Waals surface area (Å²) in [6, 6.07) is 8.90. The van der Waals surface area contributed by atoms with E-state index in [0.29, 0.717) is 12.6 Å². The monoisotopic (exact) mass is 241 g/mol. The van der Waals surface area contributed by atoms with Crippen LogP contribution in [0, 0.1) is 0 Å². The van der Waals surface area contributed by atoms with Crippen molar-refractivity contribution in [3.8, 4) is 6.01 Å². The molecule has 4 nitrogen and oxygen atoms in total. The first kappa shape index (κ1) is 11.0. The third-order valence-corrected chi connectivity index (χ3v) is 2.98. The van der Waals surface area contributed by atoms with Crippen molar-refractivity contribution in [3.05, 3.63) is 41.2 Å². The average molecular weight is 241 g/mol. The van der Waals surface area contributed by atoms with Crippen LogP contribution < -0.4 is 4.74 Å². The quantitative estimate of drug-likeness (QED) is 0.707. The summed E-state index contributed by atoms with van der Waals surface area (Å²) in [5, 5.41) is 8.29. The van der Waals surface area contributed by atoms with Crippen molar-refractivity contribution < 1.29 is 4.74 Å². The molecule has 4 heteroatoms. The minimum Gasteiger partial charge on any atom is -0.463 e. The van der Waals surface area contributed by atoms with Crippen molar-refractivity contribution in [2.45, 2.75) is 19.8 Å². The third kappa shape index (κ3) is 1.90. The lowest BCUT2D eigenvalue weighted by atomic mass is 10.1. The molecule has 1 aliphatic heterocycles.